The summed E-state index contributed by atoms with van der Waals surface area (Å²) in [6.45, 7) is 2.75. The zero-order valence-corrected chi connectivity index (χ0v) is 14.5. The predicted molar refractivity (Wildman–Crippen MR) is 96.3 cm³/mol. The Balaban J connectivity index is 1.89. The Bertz CT molecular complexity index is 717. The highest BCUT2D eigenvalue weighted by Crippen LogP contribution is 2.06. The molecule has 0 aromatic heterocycles. The van der Waals surface area contributed by atoms with Crippen molar-refractivity contribution in [3.63, 3.8) is 0 Å². The van der Waals surface area contributed by atoms with Crippen LogP contribution in [0.15, 0.2) is 54.6 Å². The Morgan fingerprint density at radius 2 is 1.54 bits per heavy atom. The standard InChI is InChI=1S/C19H23N3O4/c1-13(23)17(19(25)22-26)21-18(24)16-9-7-15(8-10-16)12-20-11-14-5-3-2-4-6-14/h2-10,13,17,20,23,26H,11-12H2,1H3,(H,21,24)(H,22,25). The molecule has 2 aromatic rings. The van der Waals surface area contributed by atoms with Gasteiger partial charge in [0.1, 0.15) is 6.04 Å². The number of rotatable bonds is 8. The summed E-state index contributed by atoms with van der Waals surface area (Å²) in [7, 11) is 0. The second-order valence-corrected chi connectivity index (χ2v) is 5.95. The molecular weight excluding hydrogens is 334 g/mol. The summed E-state index contributed by atoms with van der Waals surface area (Å²) in [6, 6.07) is 15.7. The number of amides is 2. The van der Waals surface area contributed by atoms with E-state index in [9.17, 15) is 14.7 Å². The van der Waals surface area contributed by atoms with Crippen LogP contribution < -0.4 is 16.1 Å². The SMILES string of the molecule is CC(O)C(NC(=O)c1ccc(CNCc2ccccc2)cc1)C(=O)NO. The van der Waals surface area contributed by atoms with Gasteiger partial charge in [-0.15, -0.1) is 0 Å². The van der Waals surface area contributed by atoms with Gasteiger partial charge in [-0.25, -0.2) is 5.48 Å². The summed E-state index contributed by atoms with van der Waals surface area (Å²) in [6.07, 6.45) is -1.15. The lowest BCUT2D eigenvalue weighted by atomic mass is 10.1. The molecule has 2 atom stereocenters. The normalized spacial score (nSPS) is 12.9. The van der Waals surface area contributed by atoms with E-state index in [1.165, 1.54) is 18.0 Å². The molecule has 0 aliphatic heterocycles. The van der Waals surface area contributed by atoms with Crippen LogP contribution in [-0.4, -0.2) is 34.3 Å². The molecule has 2 rings (SSSR count). The number of hydrogen-bond donors (Lipinski definition) is 5. The van der Waals surface area contributed by atoms with E-state index in [4.69, 9.17) is 5.21 Å². The van der Waals surface area contributed by atoms with Crippen LogP contribution in [0.2, 0.25) is 0 Å². The van der Waals surface area contributed by atoms with E-state index < -0.39 is 24.0 Å². The van der Waals surface area contributed by atoms with E-state index >= 15 is 0 Å². The van der Waals surface area contributed by atoms with Gasteiger partial charge < -0.3 is 15.7 Å². The maximum absolute atomic E-state index is 12.2. The Kier molecular flexibility index (Phi) is 7.28. The highest BCUT2D eigenvalue weighted by Gasteiger charge is 2.25. The fraction of sp³-hybridized carbons (Fsp3) is 0.263. The first-order chi connectivity index (χ1) is 12.5. The summed E-state index contributed by atoms with van der Waals surface area (Å²) in [4.78, 5) is 23.7. The van der Waals surface area contributed by atoms with Gasteiger partial charge in [0.15, 0.2) is 0 Å². The molecule has 0 saturated heterocycles. The van der Waals surface area contributed by atoms with Crippen molar-refractivity contribution in [2.75, 3.05) is 0 Å². The van der Waals surface area contributed by atoms with E-state index in [0.29, 0.717) is 12.1 Å². The molecule has 0 bridgehead atoms. The molecule has 2 unspecified atom stereocenters. The number of aliphatic hydroxyl groups is 1. The number of carbonyl (C=O) groups excluding carboxylic acids is 2. The van der Waals surface area contributed by atoms with Gasteiger partial charge in [-0.05, 0) is 30.2 Å². The topological polar surface area (TPSA) is 111 Å². The van der Waals surface area contributed by atoms with Gasteiger partial charge in [-0.3, -0.25) is 14.8 Å². The monoisotopic (exact) mass is 357 g/mol. The van der Waals surface area contributed by atoms with Crippen molar-refractivity contribution < 1.29 is 19.9 Å². The smallest absolute Gasteiger partial charge is 0.268 e. The third-order valence-corrected chi connectivity index (χ3v) is 3.88. The Hall–Kier alpha value is -2.74. The van der Waals surface area contributed by atoms with Crippen molar-refractivity contribution in [1.82, 2.24) is 16.1 Å². The Labute approximate surface area is 152 Å². The van der Waals surface area contributed by atoms with Gasteiger partial charge in [0.05, 0.1) is 6.10 Å². The van der Waals surface area contributed by atoms with E-state index in [1.54, 1.807) is 12.1 Å². The summed E-state index contributed by atoms with van der Waals surface area (Å²) < 4.78 is 0. The molecule has 7 heteroatoms. The lowest BCUT2D eigenvalue weighted by molar-refractivity contribution is -0.133. The van der Waals surface area contributed by atoms with E-state index in [-0.39, 0.29) is 0 Å². The van der Waals surface area contributed by atoms with E-state index in [0.717, 1.165) is 12.1 Å². The predicted octanol–water partition coefficient (Wildman–Crippen LogP) is 0.961. The van der Waals surface area contributed by atoms with Crippen LogP contribution in [0, 0.1) is 0 Å². The fourth-order valence-corrected chi connectivity index (χ4v) is 2.42. The molecule has 0 saturated carbocycles. The number of benzene rings is 2. The van der Waals surface area contributed by atoms with Crippen LogP contribution in [0.4, 0.5) is 0 Å². The quantitative estimate of drug-likeness (QED) is 0.357. The zero-order chi connectivity index (χ0) is 18.9. The molecule has 2 aromatic carbocycles. The van der Waals surface area contributed by atoms with Crippen LogP contribution in [-0.2, 0) is 17.9 Å². The Morgan fingerprint density at radius 3 is 2.08 bits per heavy atom. The van der Waals surface area contributed by atoms with Gasteiger partial charge in [0, 0.05) is 18.7 Å². The van der Waals surface area contributed by atoms with Crippen molar-refractivity contribution in [2.24, 2.45) is 0 Å². The van der Waals surface area contributed by atoms with Crippen molar-refractivity contribution in [1.29, 1.82) is 0 Å². The second-order valence-electron chi connectivity index (χ2n) is 5.95. The summed E-state index contributed by atoms with van der Waals surface area (Å²) in [5.41, 5.74) is 3.98. The molecule has 5 N–H and O–H groups in total. The molecule has 26 heavy (non-hydrogen) atoms. The zero-order valence-electron chi connectivity index (χ0n) is 14.5. The third kappa shape index (κ3) is 5.66. The molecule has 0 fully saturated rings. The van der Waals surface area contributed by atoms with Crippen LogP contribution in [0.1, 0.15) is 28.4 Å². The number of aliphatic hydroxyl groups excluding tert-OH is 1. The van der Waals surface area contributed by atoms with E-state index in [2.05, 4.69) is 10.6 Å². The second kappa shape index (κ2) is 9.67. The molecule has 0 spiro atoms. The van der Waals surface area contributed by atoms with Crippen molar-refractivity contribution in [2.45, 2.75) is 32.2 Å². The summed E-state index contributed by atoms with van der Waals surface area (Å²) in [5.74, 6) is -1.39. The number of nitrogens with one attached hydrogen (secondary N) is 3. The molecular formula is C19H23N3O4. The van der Waals surface area contributed by atoms with Gasteiger partial charge in [-0.1, -0.05) is 42.5 Å². The van der Waals surface area contributed by atoms with Gasteiger partial charge >= 0.3 is 0 Å². The van der Waals surface area contributed by atoms with Crippen LogP contribution in [0.5, 0.6) is 0 Å². The van der Waals surface area contributed by atoms with E-state index in [1.807, 2.05) is 42.5 Å². The minimum Gasteiger partial charge on any atom is -0.391 e. The first kappa shape index (κ1) is 19.6. The number of hydrogen-bond acceptors (Lipinski definition) is 5. The third-order valence-electron chi connectivity index (χ3n) is 3.88. The van der Waals surface area contributed by atoms with Crippen molar-refractivity contribution in [3.05, 3.63) is 71.3 Å². The minimum atomic E-state index is -1.24. The van der Waals surface area contributed by atoms with Gasteiger partial charge in [-0.2, -0.15) is 0 Å². The molecule has 0 aliphatic rings. The average Bonchev–Trinajstić information content (AvgIpc) is 2.66. The molecule has 138 valence electrons. The fourth-order valence-electron chi connectivity index (χ4n) is 2.42. The molecule has 0 aliphatic carbocycles. The summed E-state index contributed by atoms with van der Waals surface area (Å²) >= 11 is 0. The first-order valence-corrected chi connectivity index (χ1v) is 8.27. The lowest BCUT2D eigenvalue weighted by Crippen LogP contribution is -2.51. The minimum absolute atomic E-state index is 0.355. The molecule has 2 amide bonds. The van der Waals surface area contributed by atoms with Crippen LogP contribution >= 0.6 is 0 Å². The molecule has 0 heterocycles. The van der Waals surface area contributed by atoms with Crippen molar-refractivity contribution in [3.8, 4) is 0 Å². The largest absolute Gasteiger partial charge is 0.391 e. The number of hydroxylamine groups is 1. The maximum Gasteiger partial charge on any atom is 0.268 e. The lowest BCUT2D eigenvalue weighted by Gasteiger charge is -2.19. The average molecular weight is 357 g/mol. The first-order valence-electron chi connectivity index (χ1n) is 8.27. The Morgan fingerprint density at radius 1 is 0.962 bits per heavy atom. The van der Waals surface area contributed by atoms with Crippen LogP contribution in [0.3, 0.4) is 0 Å². The summed E-state index contributed by atoms with van der Waals surface area (Å²) in [5, 5.41) is 23.9. The maximum atomic E-state index is 12.2. The molecule has 0 radical (unpaired) electrons. The van der Waals surface area contributed by atoms with Gasteiger partial charge in [0.2, 0.25) is 0 Å². The van der Waals surface area contributed by atoms with Crippen molar-refractivity contribution >= 4 is 11.8 Å². The number of carbonyl (C=O) groups is 2. The highest BCUT2D eigenvalue weighted by molar-refractivity contribution is 5.97. The van der Waals surface area contributed by atoms with Crippen LogP contribution in [0.25, 0.3) is 0 Å². The van der Waals surface area contributed by atoms with Gasteiger partial charge in [0.25, 0.3) is 11.8 Å². The highest BCUT2D eigenvalue weighted by atomic mass is 16.5. The molecule has 7 nitrogen and oxygen atoms in total.